The van der Waals surface area contributed by atoms with Crippen molar-refractivity contribution < 1.29 is 26.4 Å². The molecule has 0 spiro atoms. The average molecular weight is 447 g/mol. The lowest BCUT2D eigenvalue weighted by Gasteiger charge is -2.38. The number of piperidine rings is 1. The average Bonchev–Trinajstić information content (AvgIpc) is 2.74. The zero-order valence-corrected chi connectivity index (χ0v) is 18.0. The standard InChI is InChI=1S/C21H29F3N2O3S/c1-2-26(17-8-4-3-5-9-17)20(27)16-12-14-25(15-13-16)30(28,29)19-11-7-6-10-18(19)21(22,23)24/h6-7,10-11,16-17H,2-5,8-9,12-15H2,1H3. The lowest BCUT2D eigenvalue weighted by Crippen LogP contribution is -2.48. The van der Waals surface area contributed by atoms with Gasteiger partial charge in [-0.3, -0.25) is 4.79 Å². The van der Waals surface area contributed by atoms with Crippen LogP contribution in [-0.2, 0) is 21.0 Å². The summed E-state index contributed by atoms with van der Waals surface area (Å²) in [5, 5.41) is 0. The number of sulfonamides is 1. The normalized spacial score (nSPS) is 20.3. The van der Waals surface area contributed by atoms with Crippen molar-refractivity contribution in [2.45, 2.75) is 69.0 Å². The fourth-order valence-electron chi connectivity index (χ4n) is 4.63. The quantitative estimate of drug-likeness (QED) is 0.678. The van der Waals surface area contributed by atoms with Crippen molar-refractivity contribution in [3.05, 3.63) is 29.8 Å². The van der Waals surface area contributed by atoms with Crippen LogP contribution in [0.25, 0.3) is 0 Å². The van der Waals surface area contributed by atoms with Gasteiger partial charge < -0.3 is 4.90 Å². The van der Waals surface area contributed by atoms with Crippen LogP contribution in [0.2, 0.25) is 0 Å². The van der Waals surface area contributed by atoms with E-state index in [0.717, 1.165) is 42.1 Å². The van der Waals surface area contributed by atoms with Gasteiger partial charge in [0.05, 0.1) is 10.5 Å². The lowest BCUT2D eigenvalue weighted by atomic mass is 9.91. The molecule has 1 aromatic carbocycles. The molecule has 0 radical (unpaired) electrons. The van der Waals surface area contributed by atoms with Crippen molar-refractivity contribution in [1.29, 1.82) is 0 Å². The Bertz CT molecular complexity index is 843. The third-order valence-corrected chi connectivity index (χ3v) is 8.21. The third kappa shape index (κ3) is 4.82. The van der Waals surface area contributed by atoms with Gasteiger partial charge in [0.1, 0.15) is 0 Å². The summed E-state index contributed by atoms with van der Waals surface area (Å²) in [6.45, 7) is 2.68. The van der Waals surface area contributed by atoms with E-state index >= 15 is 0 Å². The highest BCUT2D eigenvalue weighted by molar-refractivity contribution is 7.89. The van der Waals surface area contributed by atoms with Crippen LogP contribution in [0.3, 0.4) is 0 Å². The van der Waals surface area contributed by atoms with Gasteiger partial charge >= 0.3 is 6.18 Å². The highest BCUT2D eigenvalue weighted by Crippen LogP contribution is 2.36. The Balaban J connectivity index is 1.70. The largest absolute Gasteiger partial charge is 0.417 e. The van der Waals surface area contributed by atoms with Gasteiger partial charge in [0, 0.05) is 31.6 Å². The Kier molecular flexibility index (Phi) is 7.12. The zero-order chi connectivity index (χ0) is 21.9. The Morgan fingerprint density at radius 1 is 1.07 bits per heavy atom. The number of nitrogens with zero attached hydrogens (tertiary/aromatic N) is 2. The molecule has 168 valence electrons. The second-order valence-electron chi connectivity index (χ2n) is 8.09. The Morgan fingerprint density at radius 3 is 2.23 bits per heavy atom. The van der Waals surface area contributed by atoms with Crippen molar-refractivity contribution >= 4 is 15.9 Å². The second-order valence-corrected chi connectivity index (χ2v) is 9.99. The maximum Gasteiger partial charge on any atom is 0.417 e. The van der Waals surface area contributed by atoms with Crippen molar-refractivity contribution in [3.8, 4) is 0 Å². The first-order valence-corrected chi connectivity index (χ1v) is 12.1. The Morgan fingerprint density at radius 2 is 1.67 bits per heavy atom. The topological polar surface area (TPSA) is 57.7 Å². The molecule has 1 amide bonds. The lowest BCUT2D eigenvalue weighted by molar-refractivity contribution is -0.140. The van der Waals surface area contributed by atoms with E-state index in [2.05, 4.69) is 0 Å². The van der Waals surface area contributed by atoms with Gasteiger partial charge in [-0.1, -0.05) is 31.4 Å². The molecule has 0 bridgehead atoms. The molecule has 3 rings (SSSR count). The van der Waals surface area contributed by atoms with Crippen molar-refractivity contribution in [1.82, 2.24) is 9.21 Å². The molecule has 1 heterocycles. The van der Waals surface area contributed by atoms with Crippen LogP contribution >= 0.6 is 0 Å². The summed E-state index contributed by atoms with van der Waals surface area (Å²) in [6, 6.07) is 4.50. The summed E-state index contributed by atoms with van der Waals surface area (Å²) < 4.78 is 66.7. The van der Waals surface area contributed by atoms with Gasteiger partial charge in [-0.15, -0.1) is 0 Å². The number of carbonyl (C=O) groups is 1. The minimum Gasteiger partial charge on any atom is -0.340 e. The van der Waals surface area contributed by atoms with Gasteiger partial charge in [-0.05, 0) is 44.7 Å². The predicted molar refractivity (Wildman–Crippen MR) is 107 cm³/mol. The van der Waals surface area contributed by atoms with Crippen LogP contribution in [0.5, 0.6) is 0 Å². The molecule has 1 saturated heterocycles. The van der Waals surface area contributed by atoms with E-state index in [4.69, 9.17) is 0 Å². The zero-order valence-electron chi connectivity index (χ0n) is 17.2. The van der Waals surface area contributed by atoms with E-state index in [9.17, 15) is 26.4 Å². The molecular weight excluding hydrogens is 417 g/mol. The highest BCUT2D eigenvalue weighted by atomic mass is 32.2. The Hall–Kier alpha value is -1.61. The number of hydrogen-bond acceptors (Lipinski definition) is 3. The first kappa shape index (κ1) is 23.1. The van der Waals surface area contributed by atoms with Crippen LogP contribution in [0.4, 0.5) is 13.2 Å². The molecule has 0 atom stereocenters. The molecule has 0 unspecified atom stereocenters. The maximum absolute atomic E-state index is 13.3. The molecular formula is C21H29F3N2O3S. The Labute approximate surface area is 176 Å². The van der Waals surface area contributed by atoms with Gasteiger partial charge in [0.25, 0.3) is 0 Å². The summed E-state index contributed by atoms with van der Waals surface area (Å²) in [6.07, 6.45) is 1.33. The first-order valence-electron chi connectivity index (χ1n) is 10.6. The highest BCUT2D eigenvalue weighted by Gasteiger charge is 2.40. The molecule has 2 fully saturated rings. The summed E-state index contributed by atoms with van der Waals surface area (Å²) in [4.78, 5) is 14.3. The predicted octanol–water partition coefficient (Wildman–Crippen LogP) is 4.29. The van der Waals surface area contributed by atoms with Crippen molar-refractivity contribution in [2.75, 3.05) is 19.6 Å². The molecule has 0 aromatic heterocycles. The number of amides is 1. The summed E-state index contributed by atoms with van der Waals surface area (Å²) >= 11 is 0. The van der Waals surface area contributed by atoms with E-state index < -0.39 is 26.7 Å². The van der Waals surface area contributed by atoms with Gasteiger partial charge in [-0.25, -0.2) is 8.42 Å². The smallest absolute Gasteiger partial charge is 0.340 e. The molecule has 1 saturated carbocycles. The van der Waals surface area contributed by atoms with Crippen LogP contribution < -0.4 is 0 Å². The van der Waals surface area contributed by atoms with Crippen LogP contribution in [-0.4, -0.2) is 49.2 Å². The maximum atomic E-state index is 13.3. The summed E-state index contributed by atoms with van der Waals surface area (Å²) in [5.74, 6) is -0.228. The number of rotatable bonds is 5. The minimum atomic E-state index is -4.75. The third-order valence-electron chi connectivity index (χ3n) is 6.25. The fourth-order valence-corrected chi connectivity index (χ4v) is 6.31. The molecule has 0 N–H and O–H groups in total. The van der Waals surface area contributed by atoms with E-state index in [-0.39, 0.29) is 31.0 Å². The number of halogens is 3. The minimum absolute atomic E-state index is 0.0488. The molecule has 1 aliphatic heterocycles. The van der Waals surface area contributed by atoms with Crippen molar-refractivity contribution in [2.24, 2.45) is 5.92 Å². The van der Waals surface area contributed by atoms with Crippen molar-refractivity contribution in [3.63, 3.8) is 0 Å². The summed E-state index contributed by atoms with van der Waals surface area (Å²) in [7, 11) is -4.28. The van der Waals surface area contributed by atoms with Crippen LogP contribution in [0.15, 0.2) is 29.2 Å². The molecule has 1 aromatic rings. The van der Waals surface area contributed by atoms with Crippen LogP contribution in [0.1, 0.15) is 57.4 Å². The van der Waals surface area contributed by atoms with E-state index in [1.54, 1.807) is 0 Å². The van der Waals surface area contributed by atoms with E-state index in [1.807, 2.05) is 11.8 Å². The number of hydrogen-bond donors (Lipinski definition) is 0. The molecule has 1 aliphatic carbocycles. The molecule has 2 aliphatic rings. The number of carbonyl (C=O) groups excluding carboxylic acids is 1. The summed E-state index contributed by atoms with van der Waals surface area (Å²) in [5.41, 5.74) is -1.15. The van der Waals surface area contributed by atoms with Gasteiger partial charge in [0.15, 0.2) is 0 Å². The van der Waals surface area contributed by atoms with Gasteiger partial charge in [0.2, 0.25) is 15.9 Å². The van der Waals surface area contributed by atoms with Gasteiger partial charge in [-0.2, -0.15) is 17.5 Å². The number of benzene rings is 1. The first-order chi connectivity index (χ1) is 14.2. The van der Waals surface area contributed by atoms with Crippen LogP contribution in [0, 0.1) is 5.92 Å². The van der Waals surface area contributed by atoms with E-state index in [0.29, 0.717) is 19.4 Å². The monoisotopic (exact) mass is 446 g/mol. The van der Waals surface area contributed by atoms with E-state index in [1.165, 1.54) is 18.6 Å². The molecule has 9 heteroatoms. The molecule has 5 nitrogen and oxygen atoms in total. The fraction of sp³-hybridized carbons (Fsp3) is 0.667. The second kappa shape index (κ2) is 9.26. The number of alkyl halides is 3. The molecule has 30 heavy (non-hydrogen) atoms. The SMILES string of the molecule is CCN(C(=O)C1CCN(S(=O)(=O)c2ccccc2C(F)(F)F)CC1)C1CCCCC1.